The third-order valence-electron chi connectivity index (χ3n) is 12.5. The van der Waals surface area contributed by atoms with Crippen molar-refractivity contribution in [2.45, 2.75) is 84.8 Å². The Morgan fingerprint density at radius 1 is 0.781 bits per heavy atom. The smallest absolute Gasteiger partial charge is 0.407 e. The van der Waals surface area contributed by atoms with Gasteiger partial charge in [0.05, 0.1) is 50.1 Å². The number of H-pyrrole nitrogens is 2. The number of carbonyl (C=O) groups is 4. The van der Waals surface area contributed by atoms with Gasteiger partial charge in [0.15, 0.2) is 0 Å². The Morgan fingerprint density at radius 2 is 1.28 bits per heavy atom. The maximum atomic E-state index is 14.1. The van der Waals surface area contributed by atoms with Gasteiger partial charge in [-0.15, -0.1) is 0 Å². The first-order chi connectivity index (χ1) is 30.8. The fourth-order valence-electron chi connectivity index (χ4n) is 9.31. The molecule has 4 aliphatic heterocycles. The third-order valence-corrected chi connectivity index (χ3v) is 12.5. The molecule has 2 saturated heterocycles. The van der Waals surface area contributed by atoms with E-state index >= 15 is 0 Å². The van der Waals surface area contributed by atoms with E-state index in [0.29, 0.717) is 49.9 Å². The molecule has 16 heteroatoms. The first kappa shape index (κ1) is 43.8. The maximum absolute atomic E-state index is 14.1. The zero-order chi connectivity index (χ0) is 45.4. The number of imidazole rings is 2. The number of benzene rings is 2. The summed E-state index contributed by atoms with van der Waals surface area (Å²) in [6.45, 7) is 15.6. The molecule has 0 aliphatic carbocycles. The van der Waals surface area contributed by atoms with Crippen molar-refractivity contribution in [1.82, 2.24) is 40.4 Å². The number of hydrogen-bond acceptors (Lipinski definition) is 10. The van der Waals surface area contributed by atoms with Crippen molar-refractivity contribution in [1.29, 1.82) is 0 Å². The molecule has 4 amide bonds. The summed E-state index contributed by atoms with van der Waals surface area (Å²) >= 11 is 0. The van der Waals surface area contributed by atoms with E-state index in [9.17, 15) is 19.2 Å². The quantitative estimate of drug-likeness (QED) is 0.103. The van der Waals surface area contributed by atoms with E-state index in [1.54, 1.807) is 29.4 Å². The molecule has 4 N–H and O–H groups in total. The standard InChI is InChI=1S/C48H56N8O8/c1-9-10-11-12-28(6)42(54-48(60)62-8)46(58)56-22-27(5)14-36(56)44-50-20-34(52-44)30-16-32-24-63-37-17-29(15-31-23-64-38(18-30)40(32)39(31)37)33-19-49-43(51-33)35-13-26(4)21-55(35)45(57)41(25(2)3)53-47(59)61-7/h9-12,15-20,25-27,35-36,41-42H,6,13-14,21-24H2,1-5,7-8H3,(H,49,51)(H,50,52)(H,53,59)(H,54,60)/b10-9-,12-11-/t26-,27-,35-,36-,41-,42+/m0/s1. The molecule has 0 radical (unpaired) electrons. The summed E-state index contributed by atoms with van der Waals surface area (Å²) < 4.78 is 22.6. The minimum atomic E-state index is -1.02. The molecule has 0 unspecified atom stereocenters. The Labute approximate surface area is 372 Å². The molecular weight excluding hydrogens is 817 g/mol. The molecule has 8 rings (SSSR count). The number of nitrogens with one attached hydrogen (secondary N) is 4. The summed E-state index contributed by atoms with van der Waals surface area (Å²) in [6.07, 6.45) is 10.8. The van der Waals surface area contributed by atoms with Gasteiger partial charge in [0.2, 0.25) is 5.91 Å². The van der Waals surface area contributed by atoms with Crippen LogP contribution in [-0.4, -0.2) is 93.1 Å². The van der Waals surface area contributed by atoms with Gasteiger partial charge in [0.1, 0.15) is 48.4 Å². The normalized spacial score (nSPS) is 20.8. The Balaban J connectivity index is 1.02. The Morgan fingerprint density at radius 3 is 1.77 bits per heavy atom. The van der Waals surface area contributed by atoms with Crippen LogP contribution in [0.3, 0.4) is 0 Å². The fraction of sp³-hybridized carbons (Fsp3) is 0.417. The molecule has 6 heterocycles. The van der Waals surface area contributed by atoms with Crippen LogP contribution in [0.2, 0.25) is 0 Å². The Bertz CT molecular complexity index is 2490. The number of nitrogens with zero attached hydrogens (tertiary/aromatic N) is 4. The zero-order valence-corrected chi connectivity index (χ0v) is 37.3. The van der Waals surface area contributed by atoms with Crippen LogP contribution in [0.4, 0.5) is 9.59 Å². The van der Waals surface area contributed by atoms with Crippen molar-refractivity contribution in [3.05, 3.63) is 95.9 Å². The van der Waals surface area contributed by atoms with Crippen LogP contribution in [0.1, 0.15) is 82.3 Å². The number of allylic oxidation sites excluding steroid dienone is 3. The number of aromatic amines is 2. The number of ether oxygens (including phenoxy) is 4. The molecule has 6 atom stereocenters. The van der Waals surface area contributed by atoms with Gasteiger partial charge < -0.3 is 49.3 Å². The van der Waals surface area contributed by atoms with Crippen LogP contribution in [0, 0.1) is 17.8 Å². The van der Waals surface area contributed by atoms with Crippen LogP contribution >= 0.6 is 0 Å². The summed E-state index contributed by atoms with van der Waals surface area (Å²) in [7, 11) is 2.54. The molecule has 0 saturated carbocycles. The number of alkyl carbamates (subject to hydrolysis) is 2. The number of rotatable bonds is 12. The number of likely N-dealkylation sites (tertiary alicyclic amines) is 2. The molecule has 336 valence electrons. The minimum Gasteiger partial charge on any atom is -0.488 e. The van der Waals surface area contributed by atoms with Crippen LogP contribution in [0.5, 0.6) is 11.5 Å². The lowest BCUT2D eigenvalue weighted by Gasteiger charge is -2.30. The number of hydrogen-bond donors (Lipinski definition) is 4. The maximum Gasteiger partial charge on any atom is 0.407 e. The summed E-state index contributed by atoms with van der Waals surface area (Å²) in [5.41, 5.74) is 7.68. The average Bonchev–Trinajstić information content (AvgIpc) is 4.12. The second-order valence-corrected chi connectivity index (χ2v) is 17.5. The van der Waals surface area contributed by atoms with E-state index in [4.69, 9.17) is 28.9 Å². The van der Waals surface area contributed by atoms with E-state index < -0.39 is 24.3 Å². The lowest BCUT2D eigenvalue weighted by Crippen LogP contribution is -2.51. The first-order valence-electron chi connectivity index (χ1n) is 21.8. The SMILES string of the molecule is C=C(/C=C\C=C/C)[C@@H](NC(=O)OC)C(=O)N1C[C@@H](C)C[C@H]1c1ncc(-c2cc3c4c(c2)OCc2cc(-c5cnc([C@@H]6C[C@H](C)CN6C(=O)[C@@H](NC(=O)OC)C(C)C)[nH]5)cc(c2-4)OC3)[nH]1. The zero-order valence-electron chi connectivity index (χ0n) is 37.3. The molecular formula is C48H56N8O8. The van der Waals surface area contributed by atoms with Crippen molar-refractivity contribution in [2.24, 2.45) is 17.8 Å². The molecule has 0 spiro atoms. The van der Waals surface area contributed by atoms with Gasteiger partial charge >= 0.3 is 12.2 Å². The lowest BCUT2D eigenvalue weighted by atomic mass is 9.87. The van der Waals surface area contributed by atoms with Gasteiger partial charge in [-0.3, -0.25) is 9.59 Å². The monoisotopic (exact) mass is 872 g/mol. The number of carbonyl (C=O) groups excluding carboxylic acids is 4. The highest BCUT2D eigenvalue weighted by molar-refractivity contribution is 5.91. The van der Waals surface area contributed by atoms with Crippen molar-refractivity contribution in [3.8, 4) is 45.1 Å². The van der Waals surface area contributed by atoms with Gasteiger partial charge in [-0.25, -0.2) is 19.6 Å². The van der Waals surface area contributed by atoms with E-state index in [1.807, 2.05) is 50.0 Å². The molecule has 16 nitrogen and oxygen atoms in total. The van der Waals surface area contributed by atoms with Gasteiger partial charge in [-0.1, -0.05) is 58.6 Å². The number of aromatic nitrogens is 4. The van der Waals surface area contributed by atoms with Crippen molar-refractivity contribution in [3.63, 3.8) is 0 Å². The van der Waals surface area contributed by atoms with Crippen molar-refractivity contribution in [2.75, 3.05) is 27.3 Å². The average molecular weight is 873 g/mol. The minimum absolute atomic E-state index is 0.141. The molecule has 2 aromatic heterocycles. The predicted octanol–water partition coefficient (Wildman–Crippen LogP) is 7.53. The Kier molecular flexibility index (Phi) is 12.4. The summed E-state index contributed by atoms with van der Waals surface area (Å²) in [5.74, 6) is 2.64. The van der Waals surface area contributed by atoms with Crippen LogP contribution < -0.4 is 20.1 Å². The highest BCUT2D eigenvalue weighted by atomic mass is 16.5. The van der Waals surface area contributed by atoms with E-state index in [1.165, 1.54) is 14.2 Å². The van der Waals surface area contributed by atoms with Crippen LogP contribution in [0.15, 0.2) is 73.1 Å². The summed E-state index contributed by atoms with van der Waals surface area (Å²) in [4.78, 5) is 72.6. The molecule has 0 bridgehead atoms. The molecule has 2 fully saturated rings. The van der Waals surface area contributed by atoms with Gasteiger partial charge in [0.25, 0.3) is 5.91 Å². The van der Waals surface area contributed by atoms with Crippen molar-refractivity contribution < 1.29 is 38.1 Å². The van der Waals surface area contributed by atoms with E-state index in [2.05, 4.69) is 53.2 Å². The van der Waals surface area contributed by atoms with Crippen LogP contribution in [-0.2, 0) is 32.3 Å². The molecule has 64 heavy (non-hydrogen) atoms. The molecule has 2 aromatic carbocycles. The summed E-state index contributed by atoms with van der Waals surface area (Å²) in [6, 6.07) is 5.83. The predicted molar refractivity (Wildman–Crippen MR) is 239 cm³/mol. The van der Waals surface area contributed by atoms with E-state index in [-0.39, 0.29) is 41.7 Å². The number of methoxy groups -OCH3 is 2. The highest BCUT2D eigenvalue weighted by Crippen LogP contribution is 2.51. The topological polar surface area (TPSA) is 193 Å². The fourth-order valence-corrected chi connectivity index (χ4v) is 9.31. The van der Waals surface area contributed by atoms with Gasteiger partial charge in [-0.05, 0) is 67.4 Å². The molecule has 4 aromatic rings. The van der Waals surface area contributed by atoms with Gasteiger partial charge in [-0.2, -0.15) is 0 Å². The van der Waals surface area contributed by atoms with E-state index in [0.717, 1.165) is 62.7 Å². The highest BCUT2D eigenvalue weighted by Gasteiger charge is 2.42. The lowest BCUT2D eigenvalue weighted by molar-refractivity contribution is -0.135. The molecule has 4 aliphatic rings. The van der Waals surface area contributed by atoms with Crippen molar-refractivity contribution >= 4 is 24.0 Å². The summed E-state index contributed by atoms with van der Waals surface area (Å²) in [5, 5.41) is 5.39. The second kappa shape index (κ2) is 18.1. The largest absolute Gasteiger partial charge is 0.488 e. The third kappa shape index (κ3) is 8.48. The second-order valence-electron chi connectivity index (χ2n) is 17.5. The van der Waals surface area contributed by atoms with Gasteiger partial charge in [0, 0.05) is 46.5 Å². The Hall–Kier alpha value is -6.84. The van der Waals surface area contributed by atoms with Crippen LogP contribution in [0.25, 0.3) is 33.6 Å². The number of amides is 4. The first-order valence-corrected chi connectivity index (χ1v) is 21.8.